The number of nitrogens with zero attached hydrogens (tertiary/aromatic N) is 4. The van der Waals surface area contributed by atoms with E-state index in [4.69, 9.17) is 0 Å². The second-order valence-corrected chi connectivity index (χ2v) is 3.62. The number of hydrogen-bond donors (Lipinski definition) is 1. The van der Waals surface area contributed by atoms with Crippen LogP contribution in [0.4, 0.5) is 5.95 Å². The topological polar surface area (TPSA) is 55.6 Å². The van der Waals surface area contributed by atoms with E-state index in [1.165, 1.54) is 0 Å². The van der Waals surface area contributed by atoms with Crippen LogP contribution < -0.4 is 5.32 Å². The number of aryl methyl sites for hydroxylation is 2. The van der Waals surface area contributed by atoms with Crippen LogP contribution in [0.15, 0.2) is 18.6 Å². The maximum atomic E-state index is 4.46. The molecule has 2 aromatic rings. The van der Waals surface area contributed by atoms with Gasteiger partial charge in [0.15, 0.2) is 5.82 Å². The molecule has 2 aromatic heterocycles. The van der Waals surface area contributed by atoms with Crippen molar-refractivity contribution < 1.29 is 0 Å². The lowest BCUT2D eigenvalue weighted by molar-refractivity contribution is 0.911. The van der Waals surface area contributed by atoms with Gasteiger partial charge in [-0.3, -0.25) is 0 Å². The Kier molecular flexibility index (Phi) is 2.85. The van der Waals surface area contributed by atoms with Crippen LogP contribution >= 0.6 is 0 Å². The number of anilines is 1. The van der Waals surface area contributed by atoms with E-state index in [2.05, 4.69) is 20.3 Å². The molecule has 0 aliphatic rings. The van der Waals surface area contributed by atoms with E-state index in [0.717, 1.165) is 23.6 Å². The molecule has 2 heterocycles. The molecule has 0 aromatic carbocycles. The van der Waals surface area contributed by atoms with Gasteiger partial charge in [-0.1, -0.05) is 0 Å². The fourth-order valence-corrected chi connectivity index (χ4v) is 1.51. The molecule has 0 bridgehead atoms. The Morgan fingerprint density at radius 1 is 1.38 bits per heavy atom. The zero-order valence-corrected chi connectivity index (χ0v) is 9.73. The summed E-state index contributed by atoms with van der Waals surface area (Å²) in [5.41, 5.74) is 1.90. The van der Waals surface area contributed by atoms with E-state index in [0.29, 0.717) is 5.95 Å². The highest BCUT2D eigenvalue weighted by molar-refractivity contribution is 5.56. The van der Waals surface area contributed by atoms with E-state index in [1.807, 2.05) is 37.9 Å². The van der Waals surface area contributed by atoms with Gasteiger partial charge in [0.05, 0.1) is 0 Å². The molecule has 0 saturated carbocycles. The molecule has 5 nitrogen and oxygen atoms in total. The van der Waals surface area contributed by atoms with Gasteiger partial charge < -0.3 is 9.88 Å². The van der Waals surface area contributed by atoms with Gasteiger partial charge in [0, 0.05) is 32.2 Å². The maximum Gasteiger partial charge on any atom is 0.223 e. The molecule has 1 N–H and O–H groups in total. The Balaban J connectivity index is 2.47. The number of nitrogens with one attached hydrogen (secondary N) is 1. The summed E-state index contributed by atoms with van der Waals surface area (Å²) in [6, 6.07) is 0. The van der Waals surface area contributed by atoms with E-state index in [9.17, 15) is 0 Å². The number of rotatable bonds is 3. The largest absolute Gasteiger partial charge is 0.354 e. The first kappa shape index (κ1) is 10.6. The second-order valence-electron chi connectivity index (χ2n) is 3.62. The lowest BCUT2D eigenvalue weighted by Gasteiger charge is -2.07. The summed E-state index contributed by atoms with van der Waals surface area (Å²) in [5, 5.41) is 3.10. The van der Waals surface area contributed by atoms with Crippen LogP contribution in [-0.2, 0) is 7.05 Å². The van der Waals surface area contributed by atoms with Gasteiger partial charge in [-0.2, -0.15) is 0 Å². The molecule has 0 aliphatic carbocycles. The first-order valence-electron chi connectivity index (χ1n) is 5.27. The second kappa shape index (κ2) is 4.30. The summed E-state index contributed by atoms with van der Waals surface area (Å²) in [6.45, 7) is 4.81. The third kappa shape index (κ3) is 1.88. The average molecular weight is 217 g/mol. The SMILES string of the molecule is CCNc1ncc(C)c(-c2nccn2C)n1. The smallest absolute Gasteiger partial charge is 0.223 e. The lowest BCUT2D eigenvalue weighted by Crippen LogP contribution is -2.05. The Morgan fingerprint density at radius 2 is 2.19 bits per heavy atom. The molecular weight excluding hydrogens is 202 g/mol. The highest BCUT2D eigenvalue weighted by Gasteiger charge is 2.09. The molecule has 16 heavy (non-hydrogen) atoms. The van der Waals surface area contributed by atoms with Crippen LogP contribution in [0.3, 0.4) is 0 Å². The molecule has 2 rings (SSSR count). The van der Waals surface area contributed by atoms with Crippen LogP contribution in [0.5, 0.6) is 0 Å². The molecule has 0 amide bonds. The Labute approximate surface area is 94.6 Å². The number of imidazole rings is 1. The Bertz CT molecular complexity index is 489. The van der Waals surface area contributed by atoms with Gasteiger partial charge in [-0.15, -0.1) is 0 Å². The van der Waals surface area contributed by atoms with Crippen molar-refractivity contribution in [2.45, 2.75) is 13.8 Å². The first-order chi connectivity index (χ1) is 7.72. The predicted octanol–water partition coefficient (Wildman–Crippen LogP) is 1.62. The summed E-state index contributed by atoms with van der Waals surface area (Å²) in [7, 11) is 1.96. The molecule has 84 valence electrons. The molecule has 0 saturated heterocycles. The molecule has 0 atom stereocenters. The third-order valence-corrected chi connectivity index (χ3v) is 2.34. The van der Waals surface area contributed by atoms with Crippen LogP contribution in [0, 0.1) is 6.92 Å². The summed E-state index contributed by atoms with van der Waals surface area (Å²) in [5.74, 6) is 1.50. The Hall–Kier alpha value is -1.91. The van der Waals surface area contributed by atoms with Gasteiger partial charge >= 0.3 is 0 Å². The van der Waals surface area contributed by atoms with Crippen molar-refractivity contribution in [1.82, 2.24) is 19.5 Å². The minimum atomic E-state index is 0.645. The molecule has 5 heteroatoms. The van der Waals surface area contributed by atoms with E-state index >= 15 is 0 Å². The van der Waals surface area contributed by atoms with Gasteiger partial charge in [-0.05, 0) is 19.4 Å². The lowest BCUT2D eigenvalue weighted by atomic mass is 10.2. The molecule has 0 unspecified atom stereocenters. The van der Waals surface area contributed by atoms with Crippen molar-refractivity contribution in [3.05, 3.63) is 24.2 Å². The average Bonchev–Trinajstić information content (AvgIpc) is 2.68. The van der Waals surface area contributed by atoms with Crippen LogP contribution in [0.25, 0.3) is 11.5 Å². The third-order valence-electron chi connectivity index (χ3n) is 2.34. The maximum absolute atomic E-state index is 4.46. The standard InChI is InChI=1S/C11H15N5/c1-4-12-11-14-7-8(2)9(15-11)10-13-5-6-16(10)3/h5-7H,4H2,1-3H3,(H,12,14,15). The molecular formula is C11H15N5. The normalized spacial score (nSPS) is 10.4. The van der Waals surface area contributed by atoms with Crippen molar-refractivity contribution in [2.75, 3.05) is 11.9 Å². The van der Waals surface area contributed by atoms with Gasteiger partial charge in [0.2, 0.25) is 5.95 Å². The minimum Gasteiger partial charge on any atom is -0.354 e. The van der Waals surface area contributed by atoms with Crippen LogP contribution in [0.2, 0.25) is 0 Å². The summed E-state index contributed by atoms with van der Waals surface area (Å²) < 4.78 is 1.95. The molecule has 0 fully saturated rings. The Morgan fingerprint density at radius 3 is 2.81 bits per heavy atom. The number of aromatic nitrogens is 4. The van der Waals surface area contributed by atoms with Crippen molar-refractivity contribution in [2.24, 2.45) is 7.05 Å². The number of hydrogen-bond acceptors (Lipinski definition) is 4. The summed E-state index contributed by atoms with van der Waals surface area (Å²) in [6.07, 6.45) is 5.49. The monoisotopic (exact) mass is 217 g/mol. The van der Waals surface area contributed by atoms with Crippen LogP contribution in [0.1, 0.15) is 12.5 Å². The van der Waals surface area contributed by atoms with Crippen LogP contribution in [-0.4, -0.2) is 26.1 Å². The first-order valence-corrected chi connectivity index (χ1v) is 5.27. The molecule has 0 radical (unpaired) electrons. The fourth-order valence-electron chi connectivity index (χ4n) is 1.51. The minimum absolute atomic E-state index is 0.645. The van der Waals surface area contributed by atoms with Crippen molar-refractivity contribution in [3.8, 4) is 11.5 Å². The van der Waals surface area contributed by atoms with Gasteiger partial charge in [-0.25, -0.2) is 15.0 Å². The summed E-state index contributed by atoms with van der Waals surface area (Å²) >= 11 is 0. The zero-order valence-electron chi connectivity index (χ0n) is 9.73. The van der Waals surface area contributed by atoms with E-state index in [-0.39, 0.29) is 0 Å². The highest BCUT2D eigenvalue weighted by Crippen LogP contribution is 2.19. The molecule has 0 spiro atoms. The predicted molar refractivity (Wildman–Crippen MR) is 63.1 cm³/mol. The van der Waals surface area contributed by atoms with Crippen molar-refractivity contribution >= 4 is 5.95 Å². The fraction of sp³-hybridized carbons (Fsp3) is 0.364. The molecule has 0 aliphatic heterocycles. The quantitative estimate of drug-likeness (QED) is 0.848. The summed E-state index contributed by atoms with van der Waals surface area (Å²) in [4.78, 5) is 13.0. The highest BCUT2D eigenvalue weighted by atomic mass is 15.1. The van der Waals surface area contributed by atoms with E-state index < -0.39 is 0 Å². The van der Waals surface area contributed by atoms with Gasteiger partial charge in [0.1, 0.15) is 5.69 Å². The zero-order chi connectivity index (χ0) is 11.5. The van der Waals surface area contributed by atoms with Crippen molar-refractivity contribution in [1.29, 1.82) is 0 Å². The van der Waals surface area contributed by atoms with E-state index in [1.54, 1.807) is 6.20 Å². The van der Waals surface area contributed by atoms with Crippen molar-refractivity contribution in [3.63, 3.8) is 0 Å². The van der Waals surface area contributed by atoms with Gasteiger partial charge in [0.25, 0.3) is 0 Å².